The van der Waals surface area contributed by atoms with Crippen LogP contribution in [0.5, 0.6) is 0 Å². The summed E-state index contributed by atoms with van der Waals surface area (Å²) in [5.74, 6) is -7.78. The monoisotopic (exact) mass is 274 g/mol. The predicted molar refractivity (Wildman–Crippen MR) is 59.9 cm³/mol. The van der Waals surface area contributed by atoms with Crippen molar-refractivity contribution in [3.8, 4) is 0 Å². The van der Waals surface area contributed by atoms with E-state index in [9.17, 15) is 23.5 Å². The molecule has 0 bridgehead atoms. The maximum Gasteiger partial charge on any atom is 0.377 e. The number of benzene rings is 1. The van der Waals surface area contributed by atoms with Crippen LogP contribution in [0.25, 0.3) is 0 Å². The van der Waals surface area contributed by atoms with Crippen LogP contribution in [0.2, 0.25) is 0 Å². The first-order chi connectivity index (χ1) is 8.82. The van der Waals surface area contributed by atoms with Crippen molar-refractivity contribution < 1.29 is 33.3 Å². The zero-order valence-corrected chi connectivity index (χ0v) is 9.97. The highest BCUT2D eigenvalue weighted by Gasteiger charge is 2.48. The number of aliphatic hydroxyl groups excluding tert-OH is 1. The van der Waals surface area contributed by atoms with Gasteiger partial charge in [0.1, 0.15) is 0 Å². The Labute approximate surface area is 107 Å². The number of rotatable bonds is 5. The Morgan fingerprint density at radius 1 is 1.37 bits per heavy atom. The van der Waals surface area contributed by atoms with E-state index in [-0.39, 0.29) is 12.2 Å². The van der Waals surface area contributed by atoms with Gasteiger partial charge in [-0.15, -0.1) is 0 Å². The van der Waals surface area contributed by atoms with E-state index in [0.717, 1.165) is 6.07 Å². The summed E-state index contributed by atoms with van der Waals surface area (Å²) in [6, 6.07) is 4.92. The van der Waals surface area contributed by atoms with Gasteiger partial charge in [-0.1, -0.05) is 18.2 Å². The van der Waals surface area contributed by atoms with Crippen LogP contribution in [0.3, 0.4) is 0 Å². The molecule has 1 aromatic carbocycles. The second-order valence-corrected chi connectivity index (χ2v) is 3.64. The Morgan fingerprint density at radius 2 is 1.95 bits per heavy atom. The molecule has 2 N–H and O–H groups in total. The maximum atomic E-state index is 13.3. The SMILES string of the molecule is CCOC(=O)c1ccccc1C(O)C(F)(F)C(=O)O. The van der Waals surface area contributed by atoms with Gasteiger partial charge >= 0.3 is 17.9 Å². The molecule has 0 heterocycles. The molecule has 0 aliphatic heterocycles. The Morgan fingerprint density at radius 3 is 2.47 bits per heavy atom. The highest BCUT2D eigenvalue weighted by Crippen LogP contribution is 2.33. The topological polar surface area (TPSA) is 83.8 Å². The third kappa shape index (κ3) is 3.05. The first-order valence-electron chi connectivity index (χ1n) is 5.37. The summed E-state index contributed by atoms with van der Waals surface area (Å²) in [5, 5.41) is 17.9. The highest BCUT2D eigenvalue weighted by molar-refractivity contribution is 5.91. The van der Waals surface area contributed by atoms with Gasteiger partial charge in [0.15, 0.2) is 6.10 Å². The molecule has 104 valence electrons. The smallest absolute Gasteiger partial charge is 0.377 e. The summed E-state index contributed by atoms with van der Waals surface area (Å²) in [6.07, 6.45) is -2.63. The van der Waals surface area contributed by atoms with E-state index in [1.54, 1.807) is 0 Å². The number of aliphatic hydroxyl groups is 1. The number of carboxylic acid groups (broad SMARTS) is 1. The fourth-order valence-corrected chi connectivity index (χ4v) is 1.44. The van der Waals surface area contributed by atoms with E-state index in [2.05, 4.69) is 4.74 Å². The van der Waals surface area contributed by atoms with E-state index >= 15 is 0 Å². The van der Waals surface area contributed by atoms with Crippen molar-refractivity contribution in [2.45, 2.75) is 19.0 Å². The minimum absolute atomic E-state index is 0.0264. The number of carboxylic acids is 1. The van der Waals surface area contributed by atoms with Gasteiger partial charge in [0.2, 0.25) is 0 Å². The number of halogens is 2. The molecule has 1 aromatic rings. The average molecular weight is 274 g/mol. The fraction of sp³-hybridized carbons (Fsp3) is 0.333. The van der Waals surface area contributed by atoms with Crippen LogP contribution in [-0.4, -0.2) is 34.7 Å². The summed E-state index contributed by atoms with van der Waals surface area (Å²) in [7, 11) is 0. The average Bonchev–Trinajstić information content (AvgIpc) is 2.37. The number of esters is 1. The third-order valence-electron chi connectivity index (χ3n) is 2.38. The molecule has 1 rings (SSSR count). The molecular weight excluding hydrogens is 262 g/mol. The molecular formula is C12H12F2O5. The van der Waals surface area contributed by atoms with E-state index in [0.29, 0.717) is 0 Å². The molecule has 0 fully saturated rings. The number of ether oxygens (including phenoxy) is 1. The van der Waals surface area contributed by atoms with Crippen LogP contribution in [0.15, 0.2) is 24.3 Å². The Bertz CT molecular complexity index is 487. The molecule has 0 aromatic heterocycles. The van der Waals surface area contributed by atoms with Crippen LogP contribution >= 0.6 is 0 Å². The lowest BCUT2D eigenvalue weighted by Gasteiger charge is -2.20. The lowest BCUT2D eigenvalue weighted by atomic mass is 9.98. The molecule has 7 heteroatoms. The minimum Gasteiger partial charge on any atom is -0.477 e. The van der Waals surface area contributed by atoms with Crippen LogP contribution < -0.4 is 0 Å². The zero-order valence-electron chi connectivity index (χ0n) is 9.97. The van der Waals surface area contributed by atoms with Gasteiger partial charge in [-0.25, -0.2) is 9.59 Å². The van der Waals surface area contributed by atoms with Gasteiger partial charge in [-0.3, -0.25) is 0 Å². The van der Waals surface area contributed by atoms with Gasteiger partial charge in [0.05, 0.1) is 12.2 Å². The van der Waals surface area contributed by atoms with Gasteiger partial charge in [-0.2, -0.15) is 8.78 Å². The molecule has 0 amide bonds. The fourth-order valence-electron chi connectivity index (χ4n) is 1.44. The summed E-state index contributed by atoms with van der Waals surface area (Å²) >= 11 is 0. The standard InChI is InChI=1S/C12H12F2O5/c1-2-19-10(16)8-6-4-3-5-7(8)9(15)12(13,14)11(17)18/h3-6,9,15H,2H2,1H3,(H,17,18). The lowest BCUT2D eigenvalue weighted by Crippen LogP contribution is -2.36. The largest absolute Gasteiger partial charge is 0.477 e. The number of hydrogen-bond donors (Lipinski definition) is 2. The Balaban J connectivity index is 3.21. The zero-order chi connectivity index (χ0) is 14.6. The molecule has 5 nitrogen and oxygen atoms in total. The first-order valence-corrected chi connectivity index (χ1v) is 5.37. The molecule has 19 heavy (non-hydrogen) atoms. The molecule has 1 atom stereocenters. The van der Waals surface area contributed by atoms with Crippen molar-refractivity contribution in [2.75, 3.05) is 6.61 Å². The lowest BCUT2D eigenvalue weighted by molar-refractivity contribution is -0.183. The summed E-state index contributed by atoms with van der Waals surface area (Å²) < 4.78 is 31.2. The van der Waals surface area contributed by atoms with Gasteiger partial charge in [0.25, 0.3) is 0 Å². The van der Waals surface area contributed by atoms with Gasteiger partial charge < -0.3 is 14.9 Å². The van der Waals surface area contributed by atoms with Crippen molar-refractivity contribution in [3.05, 3.63) is 35.4 Å². The van der Waals surface area contributed by atoms with E-state index in [4.69, 9.17) is 5.11 Å². The summed E-state index contributed by atoms with van der Waals surface area (Å²) in [5.41, 5.74) is -0.786. The van der Waals surface area contributed by atoms with Crippen LogP contribution in [0, 0.1) is 0 Å². The van der Waals surface area contributed by atoms with Crippen LogP contribution in [0.1, 0.15) is 28.9 Å². The number of aliphatic carboxylic acids is 1. The molecule has 0 radical (unpaired) electrons. The summed E-state index contributed by atoms with van der Waals surface area (Å²) in [6.45, 7) is 1.56. The van der Waals surface area contributed by atoms with Gasteiger partial charge in [-0.05, 0) is 13.0 Å². The van der Waals surface area contributed by atoms with E-state index in [1.807, 2.05) is 0 Å². The molecule has 0 aliphatic carbocycles. The number of alkyl halides is 2. The summed E-state index contributed by atoms with van der Waals surface area (Å²) in [4.78, 5) is 22.0. The number of carbonyl (C=O) groups excluding carboxylic acids is 1. The molecule has 0 aliphatic rings. The molecule has 0 saturated carbocycles. The predicted octanol–water partition coefficient (Wildman–Crippen LogP) is 1.62. The normalized spacial score (nSPS) is 12.8. The first kappa shape index (κ1) is 15.0. The highest BCUT2D eigenvalue weighted by atomic mass is 19.3. The van der Waals surface area contributed by atoms with Crippen molar-refractivity contribution in [2.24, 2.45) is 0 Å². The van der Waals surface area contributed by atoms with E-state index in [1.165, 1.54) is 25.1 Å². The quantitative estimate of drug-likeness (QED) is 0.797. The number of hydrogen-bond acceptors (Lipinski definition) is 4. The van der Waals surface area contributed by atoms with Crippen molar-refractivity contribution in [1.82, 2.24) is 0 Å². The third-order valence-corrected chi connectivity index (χ3v) is 2.38. The molecule has 0 spiro atoms. The number of carbonyl (C=O) groups is 2. The second kappa shape index (κ2) is 5.75. The van der Waals surface area contributed by atoms with E-state index < -0.39 is 29.5 Å². The maximum absolute atomic E-state index is 13.3. The van der Waals surface area contributed by atoms with Crippen LogP contribution in [0.4, 0.5) is 8.78 Å². The minimum atomic E-state index is -4.40. The van der Waals surface area contributed by atoms with Crippen molar-refractivity contribution >= 4 is 11.9 Å². The van der Waals surface area contributed by atoms with Gasteiger partial charge in [0, 0.05) is 5.56 Å². The van der Waals surface area contributed by atoms with Crippen molar-refractivity contribution in [1.29, 1.82) is 0 Å². The van der Waals surface area contributed by atoms with Crippen molar-refractivity contribution in [3.63, 3.8) is 0 Å². The molecule has 0 saturated heterocycles. The van der Waals surface area contributed by atoms with Crippen LogP contribution in [-0.2, 0) is 9.53 Å². The Hall–Kier alpha value is -2.02. The Kier molecular flexibility index (Phi) is 4.55. The second-order valence-electron chi connectivity index (χ2n) is 3.64. The molecule has 1 unspecified atom stereocenters.